The Labute approximate surface area is 257 Å². The molecule has 3 aliphatic heterocycles. The second-order valence-corrected chi connectivity index (χ2v) is 15.1. The molecule has 0 aromatic carbocycles. The van der Waals surface area contributed by atoms with Gasteiger partial charge in [-0.2, -0.15) is 0 Å². The van der Waals surface area contributed by atoms with E-state index in [-0.39, 0.29) is 41.7 Å². The predicted octanol–water partition coefficient (Wildman–Crippen LogP) is 3.02. The maximum absolute atomic E-state index is 12.9. The normalized spacial score (nSPS) is 49.6. The lowest BCUT2D eigenvalue weighted by atomic mass is 9.45. The molecule has 0 aromatic rings. The molecule has 2 unspecified atom stereocenters. The van der Waals surface area contributed by atoms with Gasteiger partial charge in [0.05, 0.1) is 18.3 Å². The van der Waals surface area contributed by atoms with Gasteiger partial charge < -0.3 is 24.4 Å². The van der Waals surface area contributed by atoms with Crippen LogP contribution in [0.3, 0.4) is 0 Å². The Morgan fingerprint density at radius 3 is 2.23 bits per heavy atom. The number of aliphatic hydroxyl groups excluding tert-OH is 1. The number of ketones is 2. The first-order chi connectivity index (χ1) is 20.4. The highest BCUT2D eigenvalue weighted by Gasteiger charge is 2.77. The van der Waals surface area contributed by atoms with Crippen molar-refractivity contribution in [1.29, 1.82) is 0 Å². The van der Waals surface area contributed by atoms with Crippen LogP contribution in [0.15, 0.2) is 23.8 Å². The molecule has 3 saturated carbocycles. The maximum Gasteiger partial charge on any atom is 0.323 e. The van der Waals surface area contributed by atoms with Crippen LogP contribution in [0, 0.1) is 45.3 Å². The van der Waals surface area contributed by atoms with Crippen molar-refractivity contribution in [3.05, 3.63) is 23.8 Å². The minimum atomic E-state index is -1.61. The fraction of sp³-hybridized carbons (Fsp3) is 0.735. The first kappa shape index (κ1) is 31.3. The summed E-state index contributed by atoms with van der Waals surface area (Å²) in [4.78, 5) is 59.4. The van der Waals surface area contributed by atoms with Crippen LogP contribution in [0.5, 0.6) is 0 Å². The van der Waals surface area contributed by atoms with Crippen LogP contribution in [0.2, 0.25) is 0 Å². The maximum atomic E-state index is 12.9. The number of cyclic esters (lactones) is 2. The smallest absolute Gasteiger partial charge is 0.323 e. The largest absolute Gasteiger partial charge is 0.458 e. The number of carbonyl (C=O) groups excluding carboxylic acids is 5. The van der Waals surface area contributed by atoms with Crippen molar-refractivity contribution in [1.82, 2.24) is 0 Å². The van der Waals surface area contributed by atoms with Gasteiger partial charge in [-0.3, -0.25) is 24.0 Å². The lowest BCUT2D eigenvalue weighted by molar-refractivity contribution is -0.182. The summed E-state index contributed by atoms with van der Waals surface area (Å²) in [7, 11) is 0. The van der Waals surface area contributed by atoms with Gasteiger partial charge in [0.2, 0.25) is 5.78 Å². The summed E-state index contributed by atoms with van der Waals surface area (Å²) < 4.78 is 15.3. The van der Waals surface area contributed by atoms with Crippen molar-refractivity contribution in [2.75, 3.05) is 6.61 Å². The van der Waals surface area contributed by atoms with Gasteiger partial charge in [-0.05, 0) is 82.3 Å². The Bertz CT molecular complexity index is 1370. The summed E-state index contributed by atoms with van der Waals surface area (Å²) in [5.74, 6) is -1.52. The summed E-state index contributed by atoms with van der Waals surface area (Å²) in [6.07, 6.45) is 8.17. The summed E-state index contributed by atoms with van der Waals surface area (Å²) in [5.41, 5.74) is -3.20. The molecule has 10 nitrogen and oxygen atoms in total. The van der Waals surface area contributed by atoms with Gasteiger partial charge in [-0.1, -0.05) is 32.4 Å². The monoisotopic (exact) mass is 612 g/mol. The van der Waals surface area contributed by atoms with Gasteiger partial charge in [0.25, 0.3) is 0 Å². The van der Waals surface area contributed by atoms with Crippen LogP contribution < -0.4 is 0 Å². The van der Waals surface area contributed by atoms with E-state index in [1.807, 2.05) is 13.0 Å². The molecule has 4 aliphatic carbocycles. The summed E-state index contributed by atoms with van der Waals surface area (Å²) in [6, 6.07) is 0. The molecule has 0 aromatic heterocycles. The molecule has 0 spiro atoms. The van der Waals surface area contributed by atoms with Gasteiger partial charge in [-0.25, -0.2) is 0 Å². The summed E-state index contributed by atoms with van der Waals surface area (Å²) in [6.45, 7) is 10.5. The van der Waals surface area contributed by atoms with Crippen molar-refractivity contribution in [2.45, 2.75) is 104 Å². The number of rotatable bonds is 3. The molecule has 240 valence electrons. The van der Waals surface area contributed by atoms with Crippen LogP contribution in [0.1, 0.15) is 80.1 Å². The van der Waals surface area contributed by atoms with Gasteiger partial charge in [0.15, 0.2) is 12.4 Å². The van der Waals surface area contributed by atoms with E-state index < -0.39 is 63.7 Å². The van der Waals surface area contributed by atoms with Crippen LogP contribution in [0.4, 0.5) is 0 Å². The van der Waals surface area contributed by atoms with E-state index in [4.69, 9.17) is 14.2 Å². The van der Waals surface area contributed by atoms with Crippen LogP contribution in [0.25, 0.3) is 0 Å². The number of aliphatic hydroxyl groups is 2. The van der Waals surface area contributed by atoms with E-state index in [0.29, 0.717) is 19.3 Å². The third-order valence-electron chi connectivity index (χ3n) is 13.3. The standard InChI is InChI=1S/C24H32O6.C10H12O4/c1-13-9-16-17-6-8-24(29,20(28)12-30-14(2)25)23(17,4)11-19(27)21(16)22(3)7-5-15(26)10-18(13)22;1-9-5-3-4-6(13-5)10(9,2)8(12)14-7(9)11/h5,7,10,13,16-17,19,21,27,29H,6,8-9,11-12H2,1-4H3;5-6H,3-4H2,1-2H3/t13-,16-,17-,19-,21+,22-,23-,24-;5?,6?,9-,10+/m0./s1. The number of fused-ring (bicyclic) bond motifs is 10. The Morgan fingerprint density at radius 1 is 1.02 bits per heavy atom. The van der Waals surface area contributed by atoms with E-state index in [2.05, 4.69) is 13.8 Å². The molecule has 44 heavy (non-hydrogen) atoms. The van der Waals surface area contributed by atoms with Crippen molar-refractivity contribution >= 4 is 29.5 Å². The lowest BCUT2D eigenvalue weighted by Crippen LogP contribution is -2.62. The zero-order valence-electron chi connectivity index (χ0n) is 26.4. The predicted molar refractivity (Wildman–Crippen MR) is 154 cm³/mol. The molecule has 3 saturated heterocycles. The molecule has 7 rings (SSSR count). The van der Waals surface area contributed by atoms with E-state index >= 15 is 0 Å². The Balaban J connectivity index is 0.000000202. The Hall–Kier alpha value is -2.69. The number of Topliss-reactive ketones (excluding diaryl/α,β-unsaturated/α-hetero) is 1. The van der Waals surface area contributed by atoms with Gasteiger partial charge in [0, 0.05) is 23.7 Å². The highest BCUT2D eigenvalue weighted by molar-refractivity contribution is 6.03. The van der Waals surface area contributed by atoms with E-state index in [1.165, 1.54) is 6.92 Å². The molecule has 2 bridgehead atoms. The lowest BCUT2D eigenvalue weighted by Gasteiger charge is -2.60. The van der Waals surface area contributed by atoms with Crippen molar-refractivity contribution in [2.24, 2.45) is 45.3 Å². The van der Waals surface area contributed by atoms with Crippen molar-refractivity contribution < 1.29 is 48.4 Å². The first-order valence-electron chi connectivity index (χ1n) is 15.9. The number of allylic oxidation sites excluding steroid dienone is 4. The number of carbonyl (C=O) groups is 5. The van der Waals surface area contributed by atoms with Crippen LogP contribution in [-0.4, -0.2) is 70.2 Å². The highest BCUT2D eigenvalue weighted by Crippen LogP contribution is 2.68. The summed E-state index contributed by atoms with van der Waals surface area (Å²) in [5, 5.41) is 22.9. The molecular formula is C34H44O10. The van der Waals surface area contributed by atoms with Crippen LogP contribution >= 0.6 is 0 Å². The first-order valence-corrected chi connectivity index (χ1v) is 15.9. The van der Waals surface area contributed by atoms with Gasteiger partial charge >= 0.3 is 17.9 Å². The molecular weight excluding hydrogens is 568 g/mol. The molecule has 12 atom stereocenters. The number of esters is 3. The second kappa shape index (κ2) is 9.90. The minimum Gasteiger partial charge on any atom is -0.458 e. The quantitative estimate of drug-likeness (QED) is 0.359. The topological polar surface area (TPSA) is 154 Å². The fourth-order valence-electron chi connectivity index (χ4n) is 10.6. The average Bonchev–Trinajstić information content (AvgIpc) is 3.65. The molecule has 0 amide bonds. The molecule has 0 radical (unpaired) electrons. The third-order valence-corrected chi connectivity index (χ3v) is 13.3. The van der Waals surface area contributed by atoms with Gasteiger partial charge in [-0.15, -0.1) is 0 Å². The molecule has 3 heterocycles. The molecule has 10 heteroatoms. The summed E-state index contributed by atoms with van der Waals surface area (Å²) >= 11 is 0. The zero-order chi connectivity index (χ0) is 32.2. The van der Waals surface area contributed by atoms with E-state index in [9.17, 15) is 34.2 Å². The van der Waals surface area contributed by atoms with Crippen molar-refractivity contribution in [3.8, 4) is 0 Å². The Morgan fingerprint density at radius 2 is 1.64 bits per heavy atom. The average molecular weight is 613 g/mol. The number of ether oxygens (including phenoxy) is 3. The van der Waals surface area contributed by atoms with Crippen molar-refractivity contribution in [3.63, 3.8) is 0 Å². The van der Waals surface area contributed by atoms with Crippen LogP contribution in [-0.2, 0) is 38.2 Å². The highest BCUT2D eigenvalue weighted by atomic mass is 16.6. The van der Waals surface area contributed by atoms with E-state index in [1.54, 1.807) is 26.0 Å². The molecule has 7 aliphatic rings. The third kappa shape index (κ3) is 3.86. The Kier molecular flexibility index (Phi) is 7.04. The van der Waals surface area contributed by atoms with E-state index in [0.717, 1.165) is 24.8 Å². The fourth-order valence-corrected chi connectivity index (χ4v) is 10.6. The zero-order valence-corrected chi connectivity index (χ0v) is 26.4. The van der Waals surface area contributed by atoms with Gasteiger partial charge in [0.1, 0.15) is 16.4 Å². The minimum absolute atomic E-state index is 0.00535. The number of hydrogen-bond acceptors (Lipinski definition) is 10. The second-order valence-electron chi connectivity index (χ2n) is 15.1. The SMILES string of the molecule is CC(=O)OCC(=O)[C@@]1(O)CC[C@H]2[C@@H]3C[C@H](C)C4=CC(=O)C=C[C@]4(C)[C@H]3[C@@H](O)C[C@@]21C.C[C@@]12C(=O)OC(=O)[C@]1(C)C1CCC2O1. The number of hydrogen-bond donors (Lipinski definition) is 2. The molecule has 6 fully saturated rings. The molecule has 2 N–H and O–H groups in total.